The van der Waals surface area contributed by atoms with E-state index >= 15 is 0 Å². The van der Waals surface area contributed by atoms with Crippen molar-refractivity contribution in [1.29, 1.82) is 0 Å². The number of amides is 1. The monoisotopic (exact) mass is 228 g/mol. The summed E-state index contributed by atoms with van der Waals surface area (Å²) in [6.07, 6.45) is 2.91. The Balaban J connectivity index is 2.46. The van der Waals surface area contributed by atoms with E-state index in [1.165, 1.54) is 0 Å². The SMILES string of the molecule is CC(C)NC(=O)CN1CCCCC1C(C)O. The van der Waals surface area contributed by atoms with E-state index in [2.05, 4.69) is 10.2 Å². The van der Waals surface area contributed by atoms with E-state index in [1.54, 1.807) is 0 Å². The summed E-state index contributed by atoms with van der Waals surface area (Å²) in [5.41, 5.74) is 0. The van der Waals surface area contributed by atoms with Crippen molar-refractivity contribution in [2.24, 2.45) is 0 Å². The molecule has 0 bridgehead atoms. The average molecular weight is 228 g/mol. The van der Waals surface area contributed by atoms with Crippen LogP contribution in [0, 0.1) is 0 Å². The van der Waals surface area contributed by atoms with Gasteiger partial charge in [0.2, 0.25) is 5.91 Å². The third-order valence-electron chi connectivity index (χ3n) is 3.02. The van der Waals surface area contributed by atoms with Gasteiger partial charge in [-0.25, -0.2) is 0 Å². The molecule has 0 spiro atoms. The van der Waals surface area contributed by atoms with Gasteiger partial charge in [-0.15, -0.1) is 0 Å². The lowest BCUT2D eigenvalue weighted by Gasteiger charge is -2.37. The minimum atomic E-state index is -0.354. The predicted octanol–water partition coefficient (Wildman–Crippen LogP) is 0.746. The summed E-state index contributed by atoms with van der Waals surface area (Å²) in [6, 6.07) is 0.328. The molecule has 4 nitrogen and oxygen atoms in total. The Bertz CT molecular complexity index is 229. The van der Waals surface area contributed by atoms with E-state index < -0.39 is 0 Å². The van der Waals surface area contributed by atoms with Crippen molar-refractivity contribution in [1.82, 2.24) is 10.2 Å². The molecule has 0 aromatic rings. The molecule has 1 saturated heterocycles. The van der Waals surface area contributed by atoms with E-state index in [9.17, 15) is 9.90 Å². The van der Waals surface area contributed by atoms with Crippen molar-refractivity contribution in [2.75, 3.05) is 13.1 Å². The van der Waals surface area contributed by atoms with Crippen LogP contribution in [0.5, 0.6) is 0 Å². The highest BCUT2D eigenvalue weighted by molar-refractivity contribution is 5.78. The summed E-state index contributed by atoms with van der Waals surface area (Å²) in [5.74, 6) is 0.0579. The van der Waals surface area contributed by atoms with Gasteiger partial charge in [-0.3, -0.25) is 9.69 Å². The largest absolute Gasteiger partial charge is 0.392 e. The second kappa shape index (κ2) is 6.21. The zero-order valence-corrected chi connectivity index (χ0v) is 10.6. The summed E-state index contributed by atoms with van der Waals surface area (Å²) in [6.45, 7) is 7.05. The van der Waals surface area contributed by atoms with E-state index in [0.29, 0.717) is 6.54 Å². The lowest BCUT2D eigenvalue weighted by Crippen LogP contribution is -2.50. The number of aliphatic hydroxyl groups excluding tert-OH is 1. The fourth-order valence-corrected chi connectivity index (χ4v) is 2.31. The van der Waals surface area contributed by atoms with Crippen molar-refractivity contribution < 1.29 is 9.90 Å². The Morgan fingerprint density at radius 3 is 2.69 bits per heavy atom. The molecule has 0 aromatic carbocycles. The number of hydrogen-bond acceptors (Lipinski definition) is 3. The molecule has 1 amide bonds. The third kappa shape index (κ3) is 4.10. The van der Waals surface area contributed by atoms with E-state index in [-0.39, 0.29) is 24.1 Å². The number of carbonyl (C=O) groups excluding carboxylic acids is 1. The summed E-state index contributed by atoms with van der Waals surface area (Å²) < 4.78 is 0. The molecule has 2 unspecified atom stereocenters. The van der Waals surface area contributed by atoms with E-state index in [1.807, 2.05) is 20.8 Å². The lowest BCUT2D eigenvalue weighted by atomic mass is 9.98. The van der Waals surface area contributed by atoms with Gasteiger partial charge in [-0.1, -0.05) is 6.42 Å². The van der Waals surface area contributed by atoms with Gasteiger partial charge in [0.05, 0.1) is 12.6 Å². The number of nitrogens with one attached hydrogen (secondary N) is 1. The first-order valence-corrected chi connectivity index (χ1v) is 6.22. The number of hydrogen-bond donors (Lipinski definition) is 2. The molecule has 16 heavy (non-hydrogen) atoms. The molecule has 2 atom stereocenters. The Labute approximate surface area is 98.0 Å². The van der Waals surface area contributed by atoms with Crippen LogP contribution in [0.2, 0.25) is 0 Å². The van der Waals surface area contributed by atoms with Gasteiger partial charge in [0, 0.05) is 12.1 Å². The second-order valence-corrected chi connectivity index (χ2v) is 5.00. The molecule has 1 fully saturated rings. The third-order valence-corrected chi connectivity index (χ3v) is 3.02. The van der Waals surface area contributed by atoms with Crippen LogP contribution in [0.4, 0.5) is 0 Å². The van der Waals surface area contributed by atoms with Gasteiger partial charge >= 0.3 is 0 Å². The van der Waals surface area contributed by atoms with Crippen LogP contribution in [-0.4, -0.2) is 47.2 Å². The normalized spacial score (nSPS) is 24.4. The van der Waals surface area contributed by atoms with Crippen LogP contribution >= 0.6 is 0 Å². The summed E-state index contributed by atoms with van der Waals surface area (Å²) in [7, 11) is 0. The van der Waals surface area contributed by atoms with Crippen LogP contribution < -0.4 is 5.32 Å². The molecule has 0 aliphatic carbocycles. The zero-order valence-electron chi connectivity index (χ0n) is 10.6. The Morgan fingerprint density at radius 2 is 2.12 bits per heavy atom. The first-order chi connectivity index (χ1) is 7.50. The van der Waals surface area contributed by atoms with Gasteiger partial charge in [0.15, 0.2) is 0 Å². The molecular formula is C12H24N2O2. The maximum absolute atomic E-state index is 11.7. The Kier molecular flexibility index (Phi) is 5.22. The first-order valence-electron chi connectivity index (χ1n) is 6.22. The molecule has 0 aromatic heterocycles. The number of carbonyl (C=O) groups is 1. The lowest BCUT2D eigenvalue weighted by molar-refractivity contribution is -0.124. The van der Waals surface area contributed by atoms with E-state index in [4.69, 9.17) is 0 Å². The smallest absolute Gasteiger partial charge is 0.234 e. The Hall–Kier alpha value is -0.610. The van der Waals surface area contributed by atoms with E-state index in [0.717, 1.165) is 25.8 Å². The predicted molar refractivity (Wildman–Crippen MR) is 64.2 cm³/mol. The number of piperidine rings is 1. The summed E-state index contributed by atoms with van der Waals surface area (Å²) >= 11 is 0. The number of nitrogens with zero attached hydrogens (tertiary/aromatic N) is 1. The van der Waals surface area contributed by atoms with Gasteiger partial charge in [0.1, 0.15) is 0 Å². The first kappa shape index (κ1) is 13.5. The molecule has 1 heterocycles. The molecule has 0 saturated carbocycles. The molecule has 1 aliphatic rings. The fraction of sp³-hybridized carbons (Fsp3) is 0.917. The molecule has 1 rings (SSSR count). The fourth-order valence-electron chi connectivity index (χ4n) is 2.31. The summed E-state index contributed by atoms with van der Waals surface area (Å²) in [5, 5.41) is 12.6. The quantitative estimate of drug-likeness (QED) is 0.746. The highest BCUT2D eigenvalue weighted by Crippen LogP contribution is 2.19. The highest BCUT2D eigenvalue weighted by Gasteiger charge is 2.27. The van der Waals surface area contributed by atoms with Crippen LogP contribution in [-0.2, 0) is 4.79 Å². The number of rotatable bonds is 4. The minimum Gasteiger partial charge on any atom is -0.392 e. The average Bonchev–Trinajstić information content (AvgIpc) is 2.16. The topological polar surface area (TPSA) is 52.6 Å². The van der Waals surface area contributed by atoms with Crippen molar-refractivity contribution in [3.05, 3.63) is 0 Å². The molecule has 0 radical (unpaired) electrons. The molecule has 2 N–H and O–H groups in total. The molecule has 94 valence electrons. The van der Waals surface area contributed by atoms with Crippen LogP contribution in [0.15, 0.2) is 0 Å². The maximum Gasteiger partial charge on any atom is 0.234 e. The van der Waals surface area contributed by atoms with Crippen molar-refractivity contribution in [3.8, 4) is 0 Å². The minimum absolute atomic E-state index is 0.0579. The van der Waals surface area contributed by atoms with Crippen LogP contribution in [0.3, 0.4) is 0 Å². The second-order valence-electron chi connectivity index (χ2n) is 5.00. The van der Waals surface area contributed by atoms with Crippen LogP contribution in [0.1, 0.15) is 40.0 Å². The maximum atomic E-state index is 11.7. The summed E-state index contributed by atoms with van der Waals surface area (Å²) in [4.78, 5) is 13.8. The van der Waals surface area contributed by atoms with Crippen LogP contribution in [0.25, 0.3) is 0 Å². The van der Waals surface area contributed by atoms with Gasteiger partial charge in [0.25, 0.3) is 0 Å². The molecule has 1 aliphatic heterocycles. The zero-order chi connectivity index (χ0) is 12.1. The molecular weight excluding hydrogens is 204 g/mol. The number of likely N-dealkylation sites (tertiary alicyclic amines) is 1. The Morgan fingerprint density at radius 1 is 1.44 bits per heavy atom. The standard InChI is InChI=1S/C12H24N2O2/c1-9(2)13-12(16)8-14-7-5-4-6-11(14)10(3)15/h9-11,15H,4-8H2,1-3H3,(H,13,16). The van der Waals surface area contributed by atoms with Crippen molar-refractivity contribution >= 4 is 5.91 Å². The number of aliphatic hydroxyl groups is 1. The van der Waals surface area contributed by atoms with Gasteiger partial charge < -0.3 is 10.4 Å². The van der Waals surface area contributed by atoms with Crippen molar-refractivity contribution in [3.63, 3.8) is 0 Å². The van der Waals surface area contributed by atoms with Gasteiger partial charge in [-0.05, 0) is 40.2 Å². The van der Waals surface area contributed by atoms with Crippen molar-refractivity contribution in [2.45, 2.75) is 58.2 Å². The molecule has 4 heteroatoms. The highest BCUT2D eigenvalue weighted by atomic mass is 16.3. The van der Waals surface area contributed by atoms with Gasteiger partial charge in [-0.2, -0.15) is 0 Å².